The number of nitriles is 1. The fraction of sp³-hybridized carbons (Fsp3) is 0.0667. The van der Waals surface area contributed by atoms with Gasteiger partial charge in [-0.05, 0) is 18.2 Å². The first kappa shape index (κ1) is 11.3. The molecule has 1 aromatic heterocycles. The van der Waals surface area contributed by atoms with Crippen molar-refractivity contribution in [2.24, 2.45) is 0 Å². The van der Waals surface area contributed by atoms with Crippen molar-refractivity contribution in [2.45, 2.75) is 6.92 Å². The van der Waals surface area contributed by atoms with Crippen molar-refractivity contribution in [3.63, 3.8) is 0 Å². The molecule has 92 valence electrons. The zero-order valence-electron chi connectivity index (χ0n) is 10.3. The van der Waals surface area contributed by atoms with E-state index in [1.807, 2.05) is 30.3 Å². The highest BCUT2D eigenvalue weighted by Gasteiger charge is 2.10. The molecule has 0 saturated carbocycles. The molecule has 0 bridgehead atoms. The molecule has 4 heteroatoms. The lowest BCUT2D eigenvalue weighted by molar-refractivity contribution is -0.114. The lowest BCUT2D eigenvalue weighted by Crippen LogP contribution is -2.07. The molecular weight excluding hydrogens is 238 g/mol. The Balaban J connectivity index is 2.35. The first-order valence-electron chi connectivity index (χ1n) is 5.91. The number of fused-ring (bicyclic) bond motifs is 3. The number of hydrogen-bond donors (Lipinski definition) is 2. The van der Waals surface area contributed by atoms with Crippen molar-refractivity contribution in [3.8, 4) is 6.07 Å². The fourth-order valence-corrected chi connectivity index (χ4v) is 2.28. The summed E-state index contributed by atoms with van der Waals surface area (Å²) in [5.41, 5.74) is 2.91. The van der Waals surface area contributed by atoms with E-state index in [1.54, 1.807) is 6.07 Å². The Morgan fingerprint density at radius 1 is 1.21 bits per heavy atom. The predicted molar refractivity (Wildman–Crippen MR) is 74.8 cm³/mol. The van der Waals surface area contributed by atoms with Crippen LogP contribution in [0.4, 0.5) is 5.69 Å². The molecule has 0 aliphatic heterocycles. The third-order valence-electron chi connectivity index (χ3n) is 3.08. The van der Waals surface area contributed by atoms with Gasteiger partial charge in [0.1, 0.15) is 6.07 Å². The summed E-state index contributed by atoms with van der Waals surface area (Å²) in [6.45, 7) is 1.43. The van der Waals surface area contributed by atoms with Crippen molar-refractivity contribution in [2.75, 3.05) is 5.32 Å². The highest BCUT2D eigenvalue weighted by Crippen LogP contribution is 2.30. The summed E-state index contributed by atoms with van der Waals surface area (Å²) in [5, 5.41) is 13.9. The van der Waals surface area contributed by atoms with Crippen LogP contribution in [0.25, 0.3) is 21.8 Å². The number of nitrogens with one attached hydrogen (secondary N) is 2. The molecule has 0 atom stereocenters. The van der Waals surface area contributed by atoms with Gasteiger partial charge in [-0.2, -0.15) is 5.26 Å². The number of aromatic nitrogens is 1. The molecule has 0 spiro atoms. The quantitative estimate of drug-likeness (QED) is 0.695. The number of carbonyl (C=O) groups is 1. The molecule has 0 saturated heterocycles. The number of para-hydroxylation sites is 1. The van der Waals surface area contributed by atoms with Gasteiger partial charge in [0.05, 0.1) is 11.3 Å². The number of H-pyrrole nitrogens is 1. The average molecular weight is 249 g/mol. The van der Waals surface area contributed by atoms with Crippen LogP contribution >= 0.6 is 0 Å². The maximum Gasteiger partial charge on any atom is 0.221 e. The molecule has 19 heavy (non-hydrogen) atoms. The van der Waals surface area contributed by atoms with E-state index in [2.05, 4.69) is 16.4 Å². The summed E-state index contributed by atoms with van der Waals surface area (Å²) in [5.74, 6) is -0.185. The van der Waals surface area contributed by atoms with Gasteiger partial charge in [-0.1, -0.05) is 18.2 Å². The first-order valence-corrected chi connectivity index (χ1v) is 5.91. The molecule has 0 radical (unpaired) electrons. The second-order valence-electron chi connectivity index (χ2n) is 4.41. The molecule has 0 unspecified atom stereocenters. The van der Waals surface area contributed by atoms with Crippen molar-refractivity contribution >= 4 is 33.4 Å². The lowest BCUT2D eigenvalue weighted by Gasteiger charge is -2.04. The van der Waals surface area contributed by atoms with Crippen molar-refractivity contribution in [1.82, 2.24) is 4.98 Å². The minimum absolute atomic E-state index is 0.185. The number of rotatable bonds is 1. The molecule has 3 rings (SSSR count). The number of hydrogen-bond acceptors (Lipinski definition) is 2. The summed E-state index contributed by atoms with van der Waals surface area (Å²) in [6, 6.07) is 13.6. The molecule has 3 aromatic rings. The van der Waals surface area contributed by atoms with Crippen LogP contribution in [0.1, 0.15) is 12.5 Å². The van der Waals surface area contributed by atoms with Crippen molar-refractivity contribution in [3.05, 3.63) is 42.0 Å². The van der Waals surface area contributed by atoms with Gasteiger partial charge in [0.25, 0.3) is 0 Å². The highest BCUT2D eigenvalue weighted by molar-refractivity contribution is 6.09. The number of anilines is 1. The van der Waals surface area contributed by atoms with Gasteiger partial charge in [-0.25, -0.2) is 0 Å². The zero-order chi connectivity index (χ0) is 13.4. The molecule has 0 fully saturated rings. The topological polar surface area (TPSA) is 68.7 Å². The molecule has 2 N–H and O–H groups in total. The molecule has 0 aliphatic carbocycles. The maximum absolute atomic E-state index is 11.2. The lowest BCUT2D eigenvalue weighted by atomic mass is 10.1. The van der Waals surface area contributed by atoms with Crippen LogP contribution in [0.3, 0.4) is 0 Å². The molecule has 1 amide bonds. The van der Waals surface area contributed by atoms with E-state index in [-0.39, 0.29) is 5.91 Å². The summed E-state index contributed by atoms with van der Waals surface area (Å²) in [4.78, 5) is 14.5. The number of carbonyl (C=O) groups excluding carboxylic acids is 1. The third-order valence-corrected chi connectivity index (χ3v) is 3.08. The van der Waals surface area contributed by atoms with Gasteiger partial charge in [0.15, 0.2) is 0 Å². The molecular formula is C15H11N3O. The van der Waals surface area contributed by atoms with Crippen LogP contribution in [0.5, 0.6) is 0 Å². The van der Waals surface area contributed by atoms with Crippen LogP contribution in [-0.2, 0) is 4.79 Å². The summed E-state index contributed by atoms with van der Waals surface area (Å²) in [7, 11) is 0. The normalized spacial score (nSPS) is 10.5. The van der Waals surface area contributed by atoms with Gasteiger partial charge in [-0.3, -0.25) is 4.79 Å². The van der Waals surface area contributed by atoms with Crippen molar-refractivity contribution < 1.29 is 4.79 Å². The van der Waals surface area contributed by atoms with E-state index in [1.165, 1.54) is 6.92 Å². The SMILES string of the molecule is CC(=O)Nc1cc2c(cc1C#N)[nH]c1ccccc12. The number of amides is 1. The largest absolute Gasteiger partial charge is 0.354 e. The van der Waals surface area contributed by atoms with E-state index < -0.39 is 0 Å². The Morgan fingerprint density at radius 3 is 2.74 bits per heavy atom. The molecule has 4 nitrogen and oxygen atoms in total. The summed E-state index contributed by atoms with van der Waals surface area (Å²) in [6.07, 6.45) is 0. The van der Waals surface area contributed by atoms with Crippen LogP contribution in [0, 0.1) is 11.3 Å². The first-order chi connectivity index (χ1) is 9.19. The highest BCUT2D eigenvalue weighted by atomic mass is 16.1. The zero-order valence-corrected chi connectivity index (χ0v) is 10.3. The number of aromatic amines is 1. The Kier molecular flexibility index (Phi) is 2.46. The Morgan fingerprint density at radius 2 is 2.00 bits per heavy atom. The molecule has 0 aliphatic rings. The minimum Gasteiger partial charge on any atom is -0.354 e. The van der Waals surface area contributed by atoms with Crippen LogP contribution in [0.15, 0.2) is 36.4 Å². The second-order valence-corrected chi connectivity index (χ2v) is 4.41. The second kappa shape index (κ2) is 4.14. The predicted octanol–water partition coefficient (Wildman–Crippen LogP) is 3.15. The molecule has 1 heterocycles. The Hall–Kier alpha value is -2.80. The fourth-order valence-electron chi connectivity index (χ4n) is 2.28. The van der Waals surface area contributed by atoms with Gasteiger partial charge >= 0.3 is 0 Å². The molecule has 2 aromatic carbocycles. The van der Waals surface area contributed by atoms with Gasteiger partial charge in [0.2, 0.25) is 5.91 Å². The summed E-state index contributed by atoms with van der Waals surface area (Å²) < 4.78 is 0. The van der Waals surface area contributed by atoms with E-state index in [0.717, 1.165) is 21.8 Å². The van der Waals surface area contributed by atoms with Crippen LogP contribution < -0.4 is 5.32 Å². The standard InChI is InChI=1S/C15H11N3O/c1-9(19)17-14-7-12-11-4-2-3-5-13(11)18-15(12)6-10(14)8-16/h2-7,18H,1H3,(H,17,19). The van der Waals surface area contributed by atoms with Gasteiger partial charge in [-0.15, -0.1) is 0 Å². The van der Waals surface area contributed by atoms with E-state index in [4.69, 9.17) is 5.26 Å². The monoisotopic (exact) mass is 249 g/mol. The van der Waals surface area contributed by atoms with E-state index in [9.17, 15) is 4.79 Å². The Bertz CT molecular complexity index is 840. The maximum atomic E-state index is 11.2. The van der Waals surface area contributed by atoms with E-state index >= 15 is 0 Å². The number of nitrogens with zero attached hydrogens (tertiary/aromatic N) is 1. The van der Waals surface area contributed by atoms with Gasteiger partial charge in [0, 0.05) is 28.7 Å². The van der Waals surface area contributed by atoms with Crippen LogP contribution in [0.2, 0.25) is 0 Å². The van der Waals surface area contributed by atoms with E-state index in [0.29, 0.717) is 11.3 Å². The summed E-state index contributed by atoms with van der Waals surface area (Å²) >= 11 is 0. The van der Waals surface area contributed by atoms with Gasteiger partial charge < -0.3 is 10.3 Å². The average Bonchev–Trinajstić information content (AvgIpc) is 2.75. The van der Waals surface area contributed by atoms with Crippen molar-refractivity contribution in [1.29, 1.82) is 5.26 Å². The minimum atomic E-state index is -0.185. The Labute approximate surface area is 109 Å². The smallest absolute Gasteiger partial charge is 0.221 e. The third kappa shape index (κ3) is 1.81. The number of benzene rings is 2. The van der Waals surface area contributed by atoms with Crippen LogP contribution in [-0.4, -0.2) is 10.9 Å².